The summed E-state index contributed by atoms with van der Waals surface area (Å²) in [6.07, 6.45) is 3.05. The number of hydrogen-bond acceptors (Lipinski definition) is 4. The van der Waals surface area contributed by atoms with Crippen molar-refractivity contribution >= 4 is 27.8 Å². The predicted molar refractivity (Wildman–Crippen MR) is 88.2 cm³/mol. The van der Waals surface area contributed by atoms with Crippen LogP contribution < -0.4 is 10.9 Å². The van der Waals surface area contributed by atoms with Crippen LogP contribution >= 0.6 is 15.9 Å². The number of carboxylic acid groups (broad SMARTS) is 1. The highest BCUT2D eigenvalue weighted by Gasteiger charge is 2.34. The number of carbonyl (C=O) groups is 2. The van der Waals surface area contributed by atoms with Crippen LogP contribution in [-0.4, -0.2) is 51.6 Å². The second-order valence-corrected chi connectivity index (χ2v) is 6.58. The zero-order valence-electron chi connectivity index (χ0n) is 12.9. The fourth-order valence-corrected chi connectivity index (χ4v) is 3.11. The molecule has 0 aromatic carbocycles. The number of aliphatic carboxylic acids is 1. The van der Waals surface area contributed by atoms with Gasteiger partial charge in [0.25, 0.3) is 5.56 Å². The van der Waals surface area contributed by atoms with Crippen LogP contribution in [0.25, 0.3) is 0 Å². The first-order chi connectivity index (χ1) is 10.9. The molecule has 1 heterocycles. The van der Waals surface area contributed by atoms with Crippen LogP contribution in [-0.2, 0) is 16.1 Å². The number of hydrogen-bond donors (Lipinski definition) is 2. The van der Waals surface area contributed by atoms with Gasteiger partial charge in [0.2, 0.25) is 5.91 Å². The molecule has 1 aliphatic carbocycles. The number of amides is 1. The van der Waals surface area contributed by atoms with Gasteiger partial charge in [-0.3, -0.25) is 19.3 Å². The first kappa shape index (κ1) is 17.7. The van der Waals surface area contributed by atoms with E-state index in [9.17, 15) is 14.4 Å². The minimum atomic E-state index is -0.839. The van der Waals surface area contributed by atoms with Crippen LogP contribution in [0.4, 0.5) is 0 Å². The summed E-state index contributed by atoms with van der Waals surface area (Å²) in [6.45, 7) is 2.60. The van der Waals surface area contributed by atoms with E-state index in [-0.39, 0.29) is 36.6 Å². The van der Waals surface area contributed by atoms with Crippen molar-refractivity contribution in [3.63, 3.8) is 0 Å². The number of nitrogens with zero attached hydrogens (tertiary/aromatic N) is 2. The molecule has 7 nitrogen and oxygen atoms in total. The van der Waals surface area contributed by atoms with Crippen molar-refractivity contribution in [2.75, 3.05) is 13.1 Å². The molecule has 0 saturated heterocycles. The quantitative estimate of drug-likeness (QED) is 0.719. The SMILES string of the molecule is CCN(CC(=O)O)C1CC(NC(=O)Cn2cc(Br)ccc2=O)C1. The van der Waals surface area contributed by atoms with E-state index in [0.717, 1.165) is 17.3 Å². The normalized spacial score (nSPS) is 20.1. The van der Waals surface area contributed by atoms with Gasteiger partial charge in [-0.2, -0.15) is 0 Å². The fourth-order valence-electron chi connectivity index (χ4n) is 2.73. The lowest BCUT2D eigenvalue weighted by molar-refractivity contribution is -0.139. The van der Waals surface area contributed by atoms with Gasteiger partial charge in [0, 0.05) is 28.8 Å². The van der Waals surface area contributed by atoms with Crippen molar-refractivity contribution in [1.82, 2.24) is 14.8 Å². The molecule has 1 aromatic heterocycles. The molecule has 1 saturated carbocycles. The van der Waals surface area contributed by atoms with Gasteiger partial charge in [-0.15, -0.1) is 0 Å². The van der Waals surface area contributed by atoms with Crippen molar-refractivity contribution in [3.05, 3.63) is 33.2 Å². The molecule has 1 amide bonds. The lowest BCUT2D eigenvalue weighted by Gasteiger charge is -2.42. The van der Waals surface area contributed by atoms with E-state index in [0.29, 0.717) is 6.54 Å². The van der Waals surface area contributed by atoms with Crippen molar-refractivity contribution < 1.29 is 14.7 Å². The Hall–Kier alpha value is -1.67. The van der Waals surface area contributed by atoms with E-state index in [1.807, 2.05) is 11.8 Å². The van der Waals surface area contributed by atoms with Crippen LogP contribution in [0.3, 0.4) is 0 Å². The molecule has 1 fully saturated rings. The molecule has 0 atom stereocenters. The zero-order valence-corrected chi connectivity index (χ0v) is 14.5. The zero-order chi connectivity index (χ0) is 17.0. The Morgan fingerprint density at radius 3 is 2.74 bits per heavy atom. The summed E-state index contributed by atoms with van der Waals surface area (Å²) in [7, 11) is 0. The fraction of sp³-hybridized carbons (Fsp3) is 0.533. The highest BCUT2D eigenvalue weighted by Crippen LogP contribution is 2.25. The third-order valence-electron chi connectivity index (χ3n) is 4.00. The number of likely N-dealkylation sites (N-methyl/N-ethyl adjacent to an activating group) is 1. The van der Waals surface area contributed by atoms with Crippen LogP contribution in [0, 0.1) is 0 Å². The van der Waals surface area contributed by atoms with E-state index in [4.69, 9.17) is 5.11 Å². The average molecular weight is 386 g/mol. The minimum absolute atomic E-state index is 0.0218. The van der Waals surface area contributed by atoms with E-state index in [1.54, 1.807) is 12.3 Å². The molecule has 2 rings (SSSR count). The standard InChI is InChI=1S/C15H20BrN3O4/c1-2-18(9-15(22)23)12-5-11(6-12)17-13(20)8-19-7-10(16)3-4-14(19)21/h3-4,7,11-12H,2,5-6,8-9H2,1H3,(H,17,20)(H,22,23). The van der Waals surface area contributed by atoms with Crippen LogP contribution in [0.1, 0.15) is 19.8 Å². The summed E-state index contributed by atoms with van der Waals surface area (Å²) < 4.78 is 2.08. The highest BCUT2D eigenvalue weighted by molar-refractivity contribution is 9.10. The summed E-state index contributed by atoms with van der Waals surface area (Å²) >= 11 is 3.27. The largest absolute Gasteiger partial charge is 0.480 e. The maximum absolute atomic E-state index is 12.0. The lowest BCUT2D eigenvalue weighted by atomic mass is 9.85. The third kappa shape index (κ3) is 4.90. The van der Waals surface area contributed by atoms with Gasteiger partial charge < -0.3 is 15.0 Å². The number of pyridine rings is 1. The topological polar surface area (TPSA) is 91.6 Å². The van der Waals surface area contributed by atoms with Crippen molar-refractivity contribution in [3.8, 4) is 0 Å². The van der Waals surface area contributed by atoms with Gasteiger partial charge in [0.15, 0.2) is 0 Å². The van der Waals surface area contributed by atoms with E-state index >= 15 is 0 Å². The molecule has 0 spiro atoms. The molecule has 0 unspecified atom stereocenters. The Labute approximate surface area is 142 Å². The van der Waals surface area contributed by atoms with E-state index < -0.39 is 5.97 Å². The van der Waals surface area contributed by atoms with Gasteiger partial charge in [0.1, 0.15) is 6.54 Å². The number of carboxylic acids is 1. The molecular weight excluding hydrogens is 366 g/mol. The number of aromatic nitrogens is 1. The molecule has 1 aliphatic rings. The number of halogens is 1. The van der Waals surface area contributed by atoms with Crippen molar-refractivity contribution in [2.24, 2.45) is 0 Å². The first-order valence-electron chi connectivity index (χ1n) is 7.50. The van der Waals surface area contributed by atoms with Gasteiger partial charge in [-0.1, -0.05) is 6.92 Å². The van der Waals surface area contributed by atoms with Crippen LogP contribution in [0.5, 0.6) is 0 Å². The Morgan fingerprint density at radius 2 is 2.13 bits per heavy atom. The molecule has 2 N–H and O–H groups in total. The van der Waals surface area contributed by atoms with Crippen LogP contribution in [0.15, 0.2) is 27.6 Å². The highest BCUT2D eigenvalue weighted by atomic mass is 79.9. The molecule has 0 aliphatic heterocycles. The molecule has 0 bridgehead atoms. The second-order valence-electron chi connectivity index (χ2n) is 5.66. The smallest absolute Gasteiger partial charge is 0.317 e. The monoisotopic (exact) mass is 385 g/mol. The third-order valence-corrected chi connectivity index (χ3v) is 4.47. The number of rotatable bonds is 7. The van der Waals surface area contributed by atoms with E-state index in [1.165, 1.54) is 10.6 Å². The van der Waals surface area contributed by atoms with Gasteiger partial charge in [-0.05, 0) is 41.4 Å². The summed E-state index contributed by atoms with van der Waals surface area (Å²) in [4.78, 5) is 36.3. The molecule has 1 aromatic rings. The second kappa shape index (κ2) is 7.74. The Bertz CT molecular complexity index is 640. The molecule has 8 heteroatoms. The van der Waals surface area contributed by atoms with Gasteiger partial charge in [0.05, 0.1) is 6.54 Å². The number of nitrogens with one attached hydrogen (secondary N) is 1. The molecule has 23 heavy (non-hydrogen) atoms. The molecular formula is C15H20BrN3O4. The maximum Gasteiger partial charge on any atom is 0.317 e. The summed E-state index contributed by atoms with van der Waals surface area (Å²) in [6, 6.07) is 3.27. The molecule has 126 valence electrons. The maximum atomic E-state index is 12.0. The Balaban J connectivity index is 1.81. The summed E-state index contributed by atoms with van der Waals surface area (Å²) in [5, 5.41) is 11.7. The van der Waals surface area contributed by atoms with Gasteiger partial charge in [-0.25, -0.2) is 0 Å². The first-order valence-corrected chi connectivity index (χ1v) is 8.29. The van der Waals surface area contributed by atoms with E-state index in [2.05, 4.69) is 21.2 Å². The minimum Gasteiger partial charge on any atom is -0.480 e. The average Bonchev–Trinajstić information content (AvgIpc) is 2.44. The lowest BCUT2D eigenvalue weighted by Crippen LogP contribution is -2.55. The van der Waals surface area contributed by atoms with Crippen molar-refractivity contribution in [1.29, 1.82) is 0 Å². The Morgan fingerprint density at radius 1 is 1.43 bits per heavy atom. The van der Waals surface area contributed by atoms with Crippen LogP contribution in [0.2, 0.25) is 0 Å². The van der Waals surface area contributed by atoms with Gasteiger partial charge >= 0.3 is 5.97 Å². The predicted octanol–water partition coefficient (Wildman–Crippen LogP) is 0.664. The number of carbonyl (C=O) groups excluding carboxylic acids is 1. The summed E-state index contributed by atoms with van der Waals surface area (Å²) in [5.74, 6) is -1.05. The summed E-state index contributed by atoms with van der Waals surface area (Å²) in [5.41, 5.74) is -0.228. The van der Waals surface area contributed by atoms with Crippen molar-refractivity contribution in [2.45, 2.75) is 38.4 Å². The Kier molecular flexibility index (Phi) is 5.95. The molecule has 0 radical (unpaired) electrons.